The highest BCUT2D eigenvalue weighted by atomic mass is 35.5. The average Bonchev–Trinajstić information content (AvgIpc) is 2.44. The van der Waals surface area contributed by atoms with Gasteiger partial charge in [0.05, 0.1) is 10.7 Å². The zero-order valence-electron chi connectivity index (χ0n) is 11.1. The molecule has 1 rings (SSSR count). The molecule has 0 aliphatic carbocycles. The molecule has 1 heterocycles. The van der Waals surface area contributed by atoms with Gasteiger partial charge in [0, 0.05) is 5.71 Å². The highest BCUT2D eigenvalue weighted by molar-refractivity contribution is 6.46. The van der Waals surface area contributed by atoms with Crippen LogP contribution in [-0.2, 0) is 0 Å². The molecular formula is C12H15Cl3N4O. The van der Waals surface area contributed by atoms with E-state index in [4.69, 9.17) is 40.5 Å². The Morgan fingerprint density at radius 2 is 2.00 bits per heavy atom. The van der Waals surface area contributed by atoms with E-state index in [0.717, 1.165) is 25.0 Å². The van der Waals surface area contributed by atoms with Crippen LogP contribution in [0.2, 0.25) is 15.2 Å². The standard InChI is InChI=1S/C12H15Cl3N4O/c1-3-4-5-6(2)18-19-12(20)10-7(13)9(16)8(14)11(15)17-10/h3-5H2,1-2H3,(H2,16,17)(H,19,20). The van der Waals surface area contributed by atoms with E-state index in [9.17, 15) is 4.79 Å². The van der Waals surface area contributed by atoms with Crippen LogP contribution in [0.3, 0.4) is 0 Å². The average molecular weight is 338 g/mol. The van der Waals surface area contributed by atoms with Gasteiger partial charge in [-0.15, -0.1) is 0 Å². The van der Waals surface area contributed by atoms with Gasteiger partial charge in [-0.2, -0.15) is 5.10 Å². The van der Waals surface area contributed by atoms with Crippen LogP contribution in [0.5, 0.6) is 0 Å². The first-order valence-electron chi connectivity index (χ1n) is 6.01. The predicted octanol–water partition coefficient (Wildman–Crippen LogP) is 3.92. The van der Waals surface area contributed by atoms with Crippen LogP contribution < -0.4 is 11.2 Å². The van der Waals surface area contributed by atoms with Gasteiger partial charge in [0.1, 0.15) is 5.02 Å². The summed E-state index contributed by atoms with van der Waals surface area (Å²) in [6.07, 6.45) is 2.86. The lowest BCUT2D eigenvalue weighted by molar-refractivity contribution is 0.0950. The number of rotatable bonds is 5. The zero-order chi connectivity index (χ0) is 15.3. The summed E-state index contributed by atoms with van der Waals surface area (Å²) in [5, 5.41) is 3.86. The number of nitrogen functional groups attached to an aromatic ring is 1. The molecule has 0 unspecified atom stereocenters. The van der Waals surface area contributed by atoms with Crippen LogP contribution in [0.4, 0.5) is 5.69 Å². The minimum atomic E-state index is -0.587. The van der Waals surface area contributed by atoms with Gasteiger partial charge in [-0.3, -0.25) is 4.79 Å². The number of amides is 1. The van der Waals surface area contributed by atoms with Crippen molar-refractivity contribution in [2.45, 2.75) is 33.1 Å². The topological polar surface area (TPSA) is 80.4 Å². The van der Waals surface area contributed by atoms with Crippen LogP contribution in [0.1, 0.15) is 43.6 Å². The molecule has 0 atom stereocenters. The van der Waals surface area contributed by atoms with Crippen molar-refractivity contribution in [1.29, 1.82) is 0 Å². The molecule has 0 saturated heterocycles. The summed E-state index contributed by atoms with van der Waals surface area (Å²) in [7, 11) is 0. The van der Waals surface area contributed by atoms with Crippen molar-refractivity contribution >= 4 is 52.1 Å². The fourth-order valence-electron chi connectivity index (χ4n) is 1.37. The van der Waals surface area contributed by atoms with Crippen molar-refractivity contribution in [2.75, 3.05) is 5.73 Å². The molecule has 110 valence electrons. The van der Waals surface area contributed by atoms with Crippen LogP contribution >= 0.6 is 34.8 Å². The van der Waals surface area contributed by atoms with E-state index in [0.29, 0.717) is 0 Å². The summed E-state index contributed by atoms with van der Waals surface area (Å²) in [5.41, 5.74) is 8.73. The van der Waals surface area contributed by atoms with Gasteiger partial charge < -0.3 is 5.73 Å². The number of hydrazone groups is 1. The molecule has 0 saturated carbocycles. The number of halogens is 3. The summed E-state index contributed by atoms with van der Waals surface area (Å²) in [5.74, 6) is -0.587. The second-order valence-corrected chi connectivity index (χ2v) is 5.30. The number of unbranched alkanes of at least 4 members (excludes halogenated alkanes) is 1. The molecule has 0 aromatic carbocycles. The molecule has 1 amide bonds. The number of carbonyl (C=O) groups excluding carboxylic acids is 1. The molecule has 0 spiro atoms. The van der Waals surface area contributed by atoms with Gasteiger partial charge in [-0.1, -0.05) is 48.1 Å². The maximum absolute atomic E-state index is 11.9. The minimum absolute atomic E-state index is 0.0187. The van der Waals surface area contributed by atoms with Crippen molar-refractivity contribution in [1.82, 2.24) is 10.4 Å². The number of aromatic nitrogens is 1. The van der Waals surface area contributed by atoms with Crippen molar-refractivity contribution < 1.29 is 4.79 Å². The maximum atomic E-state index is 11.9. The summed E-state index contributed by atoms with van der Waals surface area (Å²) in [4.78, 5) is 15.8. The summed E-state index contributed by atoms with van der Waals surface area (Å²) in [6, 6.07) is 0. The lowest BCUT2D eigenvalue weighted by Gasteiger charge is -2.08. The third-order valence-electron chi connectivity index (χ3n) is 2.53. The van der Waals surface area contributed by atoms with Crippen molar-refractivity contribution in [3.63, 3.8) is 0 Å². The monoisotopic (exact) mass is 336 g/mol. The molecule has 20 heavy (non-hydrogen) atoms. The van der Waals surface area contributed by atoms with Gasteiger partial charge in [0.2, 0.25) is 0 Å². The second kappa shape index (κ2) is 7.67. The van der Waals surface area contributed by atoms with Crippen LogP contribution in [0.15, 0.2) is 5.10 Å². The fraction of sp³-hybridized carbons (Fsp3) is 0.417. The van der Waals surface area contributed by atoms with Gasteiger partial charge in [-0.25, -0.2) is 10.4 Å². The number of carbonyl (C=O) groups is 1. The highest BCUT2D eigenvalue weighted by Crippen LogP contribution is 2.34. The normalized spacial score (nSPS) is 11.6. The number of anilines is 1. The van der Waals surface area contributed by atoms with E-state index in [1.807, 2.05) is 6.92 Å². The molecular weight excluding hydrogens is 323 g/mol. The molecule has 3 N–H and O–H groups in total. The Balaban J connectivity index is 2.89. The van der Waals surface area contributed by atoms with Crippen molar-refractivity contribution in [2.24, 2.45) is 5.10 Å². The lowest BCUT2D eigenvalue weighted by Crippen LogP contribution is -2.21. The zero-order valence-corrected chi connectivity index (χ0v) is 13.4. The van der Waals surface area contributed by atoms with E-state index in [2.05, 4.69) is 22.4 Å². The smallest absolute Gasteiger partial charge is 0.291 e. The number of hydrogen-bond donors (Lipinski definition) is 2. The summed E-state index contributed by atoms with van der Waals surface area (Å²) < 4.78 is 0. The third-order valence-corrected chi connectivity index (χ3v) is 3.66. The fourth-order valence-corrected chi connectivity index (χ4v) is 1.96. The lowest BCUT2D eigenvalue weighted by atomic mass is 10.2. The van der Waals surface area contributed by atoms with Gasteiger partial charge >= 0.3 is 0 Å². The highest BCUT2D eigenvalue weighted by Gasteiger charge is 2.19. The Bertz CT molecular complexity index is 546. The van der Waals surface area contributed by atoms with Crippen molar-refractivity contribution in [3.05, 3.63) is 20.9 Å². The van der Waals surface area contributed by atoms with Crippen LogP contribution in [0.25, 0.3) is 0 Å². The number of hydrogen-bond acceptors (Lipinski definition) is 4. The Morgan fingerprint density at radius 1 is 1.35 bits per heavy atom. The Morgan fingerprint density at radius 3 is 2.60 bits per heavy atom. The molecule has 1 aromatic rings. The molecule has 8 heteroatoms. The van der Waals surface area contributed by atoms with E-state index in [1.54, 1.807) is 0 Å². The minimum Gasteiger partial charge on any atom is -0.396 e. The second-order valence-electron chi connectivity index (χ2n) is 4.18. The molecule has 1 aromatic heterocycles. The molecule has 5 nitrogen and oxygen atoms in total. The number of nitrogens with zero attached hydrogens (tertiary/aromatic N) is 2. The summed E-state index contributed by atoms with van der Waals surface area (Å²) in [6.45, 7) is 3.90. The van der Waals surface area contributed by atoms with E-state index in [-0.39, 0.29) is 26.6 Å². The Labute approximate surface area is 132 Å². The number of nitrogens with two attached hydrogens (primary N) is 1. The first-order valence-corrected chi connectivity index (χ1v) is 7.15. The van der Waals surface area contributed by atoms with Gasteiger partial charge in [-0.05, 0) is 19.8 Å². The van der Waals surface area contributed by atoms with E-state index < -0.39 is 5.91 Å². The first-order chi connectivity index (χ1) is 9.38. The van der Waals surface area contributed by atoms with Gasteiger partial charge in [0.15, 0.2) is 10.8 Å². The SMILES string of the molecule is CCCCC(C)=NNC(=O)c1nc(Cl)c(Cl)c(N)c1Cl. The van der Waals surface area contributed by atoms with Gasteiger partial charge in [0.25, 0.3) is 5.91 Å². The van der Waals surface area contributed by atoms with E-state index >= 15 is 0 Å². The molecule has 0 aliphatic rings. The van der Waals surface area contributed by atoms with Crippen LogP contribution in [-0.4, -0.2) is 16.6 Å². The molecule has 0 aliphatic heterocycles. The Kier molecular flexibility index (Phi) is 6.52. The first kappa shape index (κ1) is 17.0. The Hall–Kier alpha value is -1.04. The van der Waals surface area contributed by atoms with Crippen molar-refractivity contribution in [3.8, 4) is 0 Å². The summed E-state index contributed by atoms with van der Waals surface area (Å²) >= 11 is 17.5. The molecule has 0 fully saturated rings. The largest absolute Gasteiger partial charge is 0.396 e. The van der Waals surface area contributed by atoms with Crippen LogP contribution in [0, 0.1) is 0 Å². The third kappa shape index (κ3) is 4.23. The molecule has 0 bridgehead atoms. The molecule has 0 radical (unpaired) electrons. The number of nitrogens with one attached hydrogen (secondary N) is 1. The predicted molar refractivity (Wildman–Crippen MR) is 83.8 cm³/mol. The van der Waals surface area contributed by atoms with E-state index in [1.165, 1.54) is 0 Å². The number of pyridine rings is 1. The maximum Gasteiger partial charge on any atom is 0.291 e. The quantitative estimate of drug-likeness (QED) is 0.485.